The number of thiazole rings is 1. The van der Waals surface area contributed by atoms with E-state index >= 15 is 0 Å². The molecule has 86 valence electrons. The van der Waals surface area contributed by atoms with Crippen LogP contribution >= 0.6 is 11.3 Å². The molecule has 1 aliphatic rings. The summed E-state index contributed by atoms with van der Waals surface area (Å²) in [4.78, 5) is 15.8. The average molecular weight is 237 g/mol. The maximum atomic E-state index is 11.7. The minimum atomic E-state index is -0.0497. The van der Waals surface area contributed by atoms with Crippen LogP contribution in [0, 0.1) is 5.92 Å². The summed E-state index contributed by atoms with van der Waals surface area (Å²) in [5.41, 5.74) is 5.69. The van der Waals surface area contributed by atoms with E-state index in [1.54, 1.807) is 17.5 Å². The Morgan fingerprint density at radius 3 is 3.12 bits per heavy atom. The number of amides is 1. The lowest BCUT2D eigenvalue weighted by Gasteiger charge is -2.09. The van der Waals surface area contributed by atoms with Crippen LogP contribution < -0.4 is 11.1 Å². The highest BCUT2D eigenvalue weighted by Crippen LogP contribution is 2.16. The zero-order valence-corrected chi connectivity index (χ0v) is 9.74. The third kappa shape index (κ3) is 2.90. The Morgan fingerprint density at radius 1 is 1.62 bits per heavy atom. The van der Waals surface area contributed by atoms with Gasteiger partial charge in [-0.15, -0.1) is 11.3 Å². The molecule has 0 bridgehead atoms. The smallest absolute Gasteiger partial charge is 0.227 e. The van der Waals surface area contributed by atoms with Gasteiger partial charge in [0.1, 0.15) is 0 Å². The first kappa shape index (κ1) is 11.3. The van der Waals surface area contributed by atoms with Gasteiger partial charge >= 0.3 is 0 Å². The molecule has 0 saturated carbocycles. The second-order valence-electron chi connectivity index (χ2n) is 3.86. The molecule has 1 heterocycles. The molecule has 4 nitrogen and oxygen atoms in total. The molecule has 0 aliphatic heterocycles. The molecule has 5 heteroatoms. The van der Waals surface area contributed by atoms with Gasteiger partial charge in [-0.1, -0.05) is 12.2 Å². The third-order valence-electron chi connectivity index (χ3n) is 2.58. The first-order chi connectivity index (χ1) is 7.75. The predicted octanol–water partition coefficient (Wildman–Crippen LogP) is 0.705. The Kier molecular flexibility index (Phi) is 3.69. The van der Waals surface area contributed by atoms with Gasteiger partial charge in [-0.05, 0) is 6.42 Å². The number of carbonyl (C=O) groups is 1. The van der Waals surface area contributed by atoms with Crippen molar-refractivity contribution in [1.29, 1.82) is 0 Å². The van der Waals surface area contributed by atoms with Gasteiger partial charge in [-0.2, -0.15) is 0 Å². The first-order valence-electron chi connectivity index (χ1n) is 5.35. The Labute approximate surface area is 98.6 Å². The summed E-state index contributed by atoms with van der Waals surface area (Å²) in [5, 5.41) is 5.90. The zero-order chi connectivity index (χ0) is 11.4. The standard InChI is InChI=1S/C11H15N3OS/c12-9-2-1-8(7-9)11(15)14-4-3-10-13-5-6-16-10/h1-2,5-6,8-9H,3-4,7,12H2,(H,14,15). The fourth-order valence-electron chi connectivity index (χ4n) is 1.72. The van der Waals surface area contributed by atoms with Gasteiger partial charge in [0.25, 0.3) is 0 Å². The van der Waals surface area contributed by atoms with Crippen molar-refractivity contribution in [2.45, 2.75) is 18.9 Å². The highest BCUT2D eigenvalue weighted by molar-refractivity contribution is 7.09. The highest BCUT2D eigenvalue weighted by Gasteiger charge is 2.21. The monoisotopic (exact) mass is 237 g/mol. The summed E-state index contributed by atoms with van der Waals surface area (Å²) in [7, 11) is 0. The van der Waals surface area contributed by atoms with E-state index in [-0.39, 0.29) is 17.9 Å². The van der Waals surface area contributed by atoms with Gasteiger partial charge in [-0.25, -0.2) is 4.98 Å². The summed E-state index contributed by atoms with van der Waals surface area (Å²) in [6, 6.07) is 0.0368. The predicted molar refractivity (Wildman–Crippen MR) is 64.1 cm³/mol. The van der Waals surface area contributed by atoms with Gasteiger partial charge < -0.3 is 11.1 Å². The van der Waals surface area contributed by atoms with Gasteiger partial charge in [0, 0.05) is 30.6 Å². The van der Waals surface area contributed by atoms with E-state index in [0.29, 0.717) is 6.54 Å². The number of aromatic nitrogens is 1. The maximum absolute atomic E-state index is 11.7. The molecular formula is C11H15N3OS. The molecule has 3 N–H and O–H groups in total. The number of hydrogen-bond donors (Lipinski definition) is 2. The molecule has 2 rings (SSSR count). The van der Waals surface area contributed by atoms with Crippen LogP contribution in [0.15, 0.2) is 23.7 Å². The molecule has 2 unspecified atom stereocenters. The van der Waals surface area contributed by atoms with E-state index in [9.17, 15) is 4.79 Å². The van der Waals surface area contributed by atoms with Crippen molar-refractivity contribution < 1.29 is 4.79 Å². The lowest BCUT2D eigenvalue weighted by molar-refractivity contribution is -0.123. The van der Waals surface area contributed by atoms with E-state index < -0.39 is 0 Å². The minimum absolute atomic E-state index is 0.0368. The summed E-state index contributed by atoms with van der Waals surface area (Å²) in [5.74, 6) is 0.0204. The van der Waals surface area contributed by atoms with Gasteiger partial charge in [0.2, 0.25) is 5.91 Å². The molecule has 2 atom stereocenters. The maximum Gasteiger partial charge on any atom is 0.227 e. The zero-order valence-electron chi connectivity index (χ0n) is 8.93. The van der Waals surface area contributed by atoms with Crippen LogP contribution in [-0.4, -0.2) is 23.5 Å². The second-order valence-corrected chi connectivity index (χ2v) is 4.84. The molecule has 1 aromatic heterocycles. The molecule has 0 saturated heterocycles. The molecule has 16 heavy (non-hydrogen) atoms. The highest BCUT2D eigenvalue weighted by atomic mass is 32.1. The van der Waals surface area contributed by atoms with Crippen molar-refractivity contribution in [3.8, 4) is 0 Å². The first-order valence-corrected chi connectivity index (χ1v) is 6.23. The van der Waals surface area contributed by atoms with Crippen molar-refractivity contribution in [1.82, 2.24) is 10.3 Å². The molecule has 0 spiro atoms. The molecule has 1 aliphatic carbocycles. The van der Waals surface area contributed by atoms with Crippen molar-refractivity contribution in [3.05, 3.63) is 28.7 Å². The summed E-state index contributed by atoms with van der Waals surface area (Å²) in [6.45, 7) is 0.645. The Bertz CT molecular complexity index is 375. The van der Waals surface area contributed by atoms with E-state index in [4.69, 9.17) is 5.73 Å². The van der Waals surface area contributed by atoms with Crippen molar-refractivity contribution >= 4 is 17.2 Å². The van der Waals surface area contributed by atoms with E-state index in [0.717, 1.165) is 17.8 Å². The van der Waals surface area contributed by atoms with Crippen LogP contribution in [0.3, 0.4) is 0 Å². The normalized spacial score (nSPS) is 23.6. The van der Waals surface area contributed by atoms with Gasteiger partial charge in [0.15, 0.2) is 0 Å². The number of rotatable bonds is 4. The lowest BCUT2D eigenvalue weighted by Crippen LogP contribution is -2.32. The van der Waals surface area contributed by atoms with Crippen LogP contribution in [0.5, 0.6) is 0 Å². The fraction of sp³-hybridized carbons (Fsp3) is 0.455. The number of carbonyl (C=O) groups excluding carboxylic acids is 1. The quantitative estimate of drug-likeness (QED) is 0.758. The number of hydrogen-bond acceptors (Lipinski definition) is 4. The Balaban J connectivity index is 1.70. The fourth-order valence-corrected chi connectivity index (χ4v) is 2.34. The van der Waals surface area contributed by atoms with Crippen LogP contribution in [0.4, 0.5) is 0 Å². The van der Waals surface area contributed by atoms with E-state index in [2.05, 4.69) is 10.3 Å². The number of nitrogens with one attached hydrogen (secondary N) is 1. The van der Waals surface area contributed by atoms with Gasteiger partial charge in [0.05, 0.1) is 10.9 Å². The largest absolute Gasteiger partial charge is 0.355 e. The van der Waals surface area contributed by atoms with Crippen LogP contribution in [0.2, 0.25) is 0 Å². The van der Waals surface area contributed by atoms with Crippen molar-refractivity contribution in [3.63, 3.8) is 0 Å². The van der Waals surface area contributed by atoms with E-state index in [1.165, 1.54) is 0 Å². The van der Waals surface area contributed by atoms with Crippen molar-refractivity contribution in [2.75, 3.05) is 6.54 Å². The van der Waals surface area contributed by atoms with Crippen LogP contribution in [0.25, 0.3) is 0 Å². The second kappa shape index (κ2) is 5.23. The topological polar surface area (TPSA) is 68.0 Å². The molecular weight excluding hydrogens is 222 g/mol. The Morgan fingerprint density at radius 2 is 2.50 bits per heavy atom. The third-order valence-corrected chi connectivity index (χ3v) is 3.41. The molecule has 0 aromatic carbocycles. The molecule has 1 aromatic rings. The van der Waals surface area contributed by atoms with Crippen LogP contribution in [0.1, 0.15) is 11.4 Å². The average Bonchev–Trinajstić information content (AvgIpc) is 2.89. The molecule has 0 radical (unpaired) electrons. The molecule has 0 fully saturated rings. The van der Waals surface area contributed by atoms with Crippen molar-refractivity contribution in [2.24, 2.45) is 11.7 Å². The summed E-state index contributed by atoms with van der Waals surface area (Å²) >= 11 is 1.61. The number of nitrogens with zero attached hydrogens (tertiary/aromatic N) is 1. The SMILES string of the molecule is NC1C=CC(C(=O)NCCc2nccs2)C1. The lowest BCUT2D eigenvalue weighted by atomic mass is 10.1. The summed E-state index contributed by atoms with van der Waals surface area (Å²) < 4.78 is 0. The molecule has 1 amide bonds. The minimum Gasteiger partial charge on any atom is -0.355 e. The van der Waals surface area contributed by atoms with Gasteiger partial charge in [-0.3, -0.25) is 4.79 Å². The summed E-state index contributed by atoms with van der Waals surface area (Å²) in [6.07, 6.45) is 7.09. The van der Waals surface area contributed by atoms with E-state index in [1.807, 2.05) is 17.5 Å². The van der Waals surface area contributed by atoms with Crippen LogP contribution in [-0.2, 0) is 11.2 Å². The Hall–Kier alpha value is -1.20. The number of nitrogens with two attached hydrogens (primary N) is 1.